The number of nitrogens with one attached hydrogen (secondary N) is 1. The number of aliphatic hydroxyl groups is 1. The zero-order chi connectivity index (χ0) is 27.6. The number of halogens is 4. The Kier molecular flexibility index (Phi) is 7.87. The van der Waals surface area contributed by atoms with E-state index in [9.17, 15) is 32.3 Å². The van der Waals surface area contributed by atoms with Gasteiger partial charge in [-0.05, 0) is 52.4 Å². The summed E-state index contributed by atoms with van der Waals surface area (Å²) in [5.41, 5.74) is 0.718. The van der Waals surface area contributed by atoms with Gasteiger partial charge in [0.1, 0.15) is 5.82 Å². The van der Waals surface area contributed by atoms with Crippen LogP contribution in [0.25, 0.3) is 0 Å². The lowest BCUT2D eigenvalue weighted by atomic mass is 9.78. The fourth-order valence-electron chi connectivity index (χ4n) is 4.76. The summed E-state index contributed by atoms with van der Waals surface area (Å²) in [6.45, 7) is 3.71. The van der Waals surface area contributed by atoms with Crippen LogP contribution in [-0.4, -0.2) is 28.4 Å². The normalized spacial score (nSPS) is 17.5. The topological polar surface area (TPSA) is 69.6 Å². The van der Waals surface area contributed by atoms with Gasteiger partial charge in [-0.25, -0.2) is 4.39 Å². The third-order valence-electron chi connectivity index (χ3n) is 6.55. The van der Waals surface area contributed by atoms with E-state index in [1.807, 2.05) is 13.8 Å². The Balaban J connectivity index is 1.86. The maximum atomic E-state index is 14.2. The molecule has 9 heteroatoms. The summed E-state index contributed by atoms with van der Waals surface area (Å²) in [4.78, 5) is 28.7. The number of hydrogen-bond acceptors (Lipinski definition) is 3. The van der Waals surface area contributed by atoms with Crippen molar-refractivity contribution in [2.24, 2.45) is 5.92 Å². The molecule has 0 fully saturated rings. The number of amides is 2. The summed E-state index contributed by atoms with van der Waals surface area (Å²) in [5, 5.41) is 12.4. The number of rotatable bonds is 7. The van der Waals surface area contributed by atoms with Crippen molar-refractivity contribution in [1.82, 2.24) is 10.2 Å². The van der Waals surface area contributed by atoms with Gasteiger partial charge in [0.15, 0.2) is 0 Å². The molecule has 4 rings (SSSR count). The van der Waals surface area contributed by atoms with Crippen LogP contribution in [0.3, 0.4) is 0 Å². The zero-order valence-electron chi connectivity index (χ0n) is 20.9. The number of fused-ring (bicyclic) bond motifs is 1. The van der Waals surface area contributed by atoms with Crippen LogP contribution in [0.15, 0.2) is 66.7 Å². The third-order valence-corrected chi connectivity index (χ3v) is 6.55. The molecule has 1 heterocycles. The summed E-state index contributed by atoms with van der Waals surface area (Å²) < 4.78 is 54.5. The number of hydrogen-bond donors (Lipinski definition) is 2. The van der Waals surface area contributed by atoms with Crippen molar-refractivity contribution in [2.45, 2.75) is 45.1 Å². The third kappa shape index (κ3) is 5.72. The molecule has 1 aliphatic heterocycles. The van der Waals surface area contributed by atoms with Crippen molar-refractivity contribution in [2.75, 3.05) is 6.54 Å². The lowest BCUT2D eigenvalue weighted by Gasteiger charge is -2.42. The van der Waals surface area contributed by atoms with Gasteiger partial charge in [0, 0.05) is 18.7 Å². The lowest BCUT2D eigenvalue weighted by Crippen LogP contribution is -2.47. The minimum Gasteiger partial charge on any atom is -0.392 e. The van der Waals surface area contributed by atoms with Crippen LogP contribution >= 0.6 is 0 Å². The van der Waals surface area contributed by atoms with Crippen LogP contribution in [-0.2, 0) is 24.1 Å². The van der Waals surface area contributed by atoms with E-state index in [0.29, 0.717) is 29.3 Å². The van der Waals surface area contributed by atoms with Crippen molar-refractivity contribution in [3.63, 3.8) is 0 Å². The summed E-state index contributed by atoms with van der Waals surface area (Å²) in [5.74, 6) is -2.61. The summed E-state index contributed by atoms with van der Waals surface area (Å²) in [6.07, 6.45) is -4.77. The first-order chi connectivity index (χ1) is 18.0. The van der Waals surface area contributed by atoms with Gasteiger partial charge in [-0.1, -0.05) is 56.3 Å². The summed E-state index contributed by atoms with van der Waals surface area (Å²) in [7, 11) is 0. The summed E-state index contributed by atoms with van der Waals surface area (Å²) in [6, 6.07) is 14.6. The van der Waals surface area contributed by atoms with Crippen molar-refractivity contribution >= 4 is 11.8 Å². The summed E-state index contributed by atoms with van der Waals surface area (Å²) >= 11 is 0. The molecule has 2 atom stereocenters. The zero-order valence-corrected chi connectivity index (χ0v) is 20.9. The number of carbonyl (C=O) groups excluding carboxylic acids is 2. The van der Waals surface area contributed by atoms with Crippen LogP contribution in [0.1, 0.15) is 64.0 Å². The van der Waals surface area contributed by atoms with Gasteiger partial charge in [0.2, 0.25) is 5.91 Å². The molecule has 0 unspecified atom stereocenters. The predicted molar refractivity (Wildman–Crippen MR) is 133 cm³/mol. The molecule has 5 nitrogen and oxygen atoms in total. The second kappa shape index (κ2) is 10.9. The molecule has 2 amide bonds. The lowest BCUT2D eigenvalue weighted by molar-refractivity contribution is -0.137. The number of benzene rings is 3. The Bertz CT molecular complexity index is 1320. The molecule has 0 radical (unpaired) electrons. The molecule has 3 aromatic rings. The van der Waals surface area contributed by atoms with Gasteiger partial charge < -0.3 is 15.3 Å². The van der Waals surface area contributed by atoms with Gasteiger partial charge in [-0.3, -0.25) is 9.59 Å². The highest BCUT2D eigenvalue weighted by atomic mass is 19.4. The highest BCUT2D eigenvalue weighted by Crippen LogP contribution is 2.44. The van der Waals surface area contributed by atoms with Crippen LogP contribution in [0.4, 0.5) is 17.6 Å². The predicted octanol–water partition coefficient (Wildman–Crippen LogP) is 5.59. The molecule has 38 heavy (non-hydrogen) atoms. The van der Waals surface area contributed by atoms with E-state index in [4.69, 9.17) is 0 Å². The average molecular weight is 529 g/mol. The van der Waals surface area contributed by atoms with E-state index in [1.165, 1.54) is 4.90 Å². The largest absolute Gasteiger partial charge is 0.416 e. The SMILES string of the molecule is CC(C)CNC(=O)[C@@H]1c2ccccc2C(=O)N(Cc2cc(F)cc(C(F)(F)F)c2)[C@H]1c1ccc(CO)cc1. The number of aliphatic hydroxyl groups excluding tert-OH is 1. The monoisotopic (exact) mass is 528 g/mol. The second-order valence-electron chi connectivity index (χ2n) is 9.83. The molecular weight excluding hydrogens is 500 g/mol. The highest BCUT2D eigenvalue weighted by Gasteiger charge is 2.44. The Labute approximate surface area is 218 Å². The fourth-order valence-corrected chi connectivity index (χ4v) is 4.76. The van der Waals surface area contributed by atoms with Crippen LogP contribution in [0.2, 0.25) is 0 Å². The Morgan fingerprint density at radius 2 is 1.71 bits per heavy atom. The van der Waals surface area contributed by atoms with Crippen molar-refractivity contribution in [1.29, 1.82) is 0 Å². The van der Waals surface area contributed by atoms with Crippen LogP contribution in [0.5, 0.6) is 0 Å². The second-order valence-corrected chi connectivity index (χ2v) is 9.83. The standard InChI is InChI=1S/C29H28F4N2O3/c1-17(2)14-34-27(37)25-23-5-3-4-6-24(23)28(38)35(26(25)20-9-7-18(16-36)8-10-20)15-19-11-21(29(31,32)33)13-22(30)12-19/h3-13,17,25-26,36H,14-16H2,1-2H3,(H,34,37)/t25-,26+/m1/s1. The van der Waals surface area contributed by atoms with E-state index >= 15 is 0 Å². The molecule has 0 bridgehead atoms. The molecule has 1 aliphatic rings. The molecule has 0 aliphatic carbocycles. The first kappa shape index (κ1) is 27.3. The molecule has 3 aromatic carbocycles. The van der Waals surface area contributed by atoms with E-state index in [0.717, 1.165) is 12.1 Å². The van der Waals surface area contributed by atoms with Crippen molar-refractivity contribution in [3.05, 3.63) is 106 Å². The molecular formula is C29H28F4N2O3. The average Bonchev–Trinajstić information content (AvgIpc) is 2.88. The molecule has 0 aromatic heterocycles. The van der Waals surface area contributed by atoms with Gasteiger partial charge in [-0.15, -0.1) is 0 Å². The first-order valence-corrected chi connectivity index (χ1v) is 12.2. The number of alkyl halides is 3. The van der Waals surface area contributed by atoms with Crippen molar-refractivity contribution < 1.29 is 32.3 Å². The van der Waals surface area contributed by atoms with E-state index < -0.39 is 35.4 Å². The van der Waals surface area contributed by atoms with Gasteiger partial charge >= 0.3 is 6.18 Å². The molecule has 0 saturated carbocycles. The number of nitrogens with zero attached hydrogens (tertiary/aromatic N) is 1. The fraction of sp³-hybridized carbons (Fsp3) is 0.310. The highest BCUT2D eigenvalue weighted by molar-refractivity contribution is 6.01. The van der Waals surface area contributed by atoms with Gasteiger partial charge in [0.05, 0.1) is 24.1 Å². The Hall–Kier alpha value is -3.72. The van der Waals surface area contributed by atoms with Gasteiger partial charge in [-0.2, -0.15) is 13.2 Å². The Morgan fingerprint density at radius 1 is 1.03 bits per heavy atom. The molecule has 0 saturated heterocycles. The van der Waals surface area contributed by atoms with E-state index in [2.05, 4.69) is 5.32 Å². The van der Waals surface area contributed by atoms with Gasteiger partial charge in [0.25, 0.3) is 5.91 Å². The minimum absolute atomic E-state index is 0.0524. The van der Waals surface area contributed by atoms with Crippen LogP contribution < -0.4 is 5.32 Å². The van der Waals surface area contributed by atoms with E-state index in [-0.39, 0.29) is 36.1 Å². The first-order valence-electron chi connectivity index (χ1n) is 12.2. The quantitative estimate of drug-likeness (QED) is 0.393. The minimum atomic E-state index is -4.77. The van der Waals surface area contributed by atoms with Crippen LogP contribution in [0, 0.1) is 11.7 Å². The van der Waals surface area contributed by atoms with E-state index in [1.54, 1.807) is 48.5 Å². The molecule has 200 valence electrons. The molecule has 0 spiro atoms. The molecule has 2 N–H and O–H groups in total. The van der Waals surface area contributed by atoms with Crippen molar-refractivity contribution in [3.8, 4) is 0 Å². The Morgan fingerprint density at radius 3 is 2.34 bits per heavy atom. The number of carbonyl (C=O) groups is 2. The maximum absolute atomic E-state index is 14.2. The smallest absolute Gasteiger partial charge is 0.392 e. The maximum Gasteiger partial charge on any atom is 0.416 e.